The van der Waals surface area contributed by atoms with Gasteiger partial charge >= 0.3 is 0 Å². The molecular weight excluding hydrogens is 384 g/mol. The third-order valence-electron chi connectivity index (χ3n) is 5.06. The molecular formula is C18H25ClN6OS. The zero-order valence-corrected chi connectivity index (χ0v) is 16.9. The number of nitrogens with zero attached hydrogens (tertiary/aromatic N) is 3. The van der Waals surface area contributed by atoms with Gasteiger partial charge in [-0.2, -0.15) is 0 Å². The zero-order valence-electron chi connectivity index (χ0n) is 15.3. The highest BCUT2D eigenvalue weighted by molar-refractivity contribution is 8.04. The Morgan fingerprint density at radius 3 is 3.07 bits per heavy atom. The van der Waals surface area contributed by atoms with Crippen LogP contribution in [0.2, 0.25) is 0 Å². The van der Waals surface area contributed by atoms with Gasteiger partial charge in [0.25, 0.3) is 5.91 Å². The largest absolute Gasteiger partial charge is 0.349 e. The number of thioether (sulfide) groups is 1. The van der Waals surface area contributed by atoms with E-state index < -0.39 is 0 Å². The lowest BCUT2D eigenvalue weighted by atomic mass is 9.91. The lowest BCUT2D eigenvalue weighted by molar-refractivity contribution is -0.117. The molecule has 2 aliphatic rings. The van der Waals surface area contributed by atoms with E-state index in [0.717, 1.165) is 65.3 Å². The van der Waals surface area contributed by atoms with E-state index in [1.165, 1.54) is 0 Å². The van der Waals surface area contributed by atoms with E-state index in [9.17, 15) is 4.79 Å². The van der Waals surface area contributed by atoms with Crippen LogP contribution in [0.25, 0.3) is 11.0 Å². The van der Waals surface area contributed by atoms with E-state index in [1.54, 1.807) is 18.1 Å². The maximum absolute atomic E-state index is 12.7. The van der Waals surface area contributed by atoms with Gasteiger partial charge in [-0.1, -0.05) is 0 Å². The molecule has 1 amide bonds. The second-order valence-electron chi connectivity index (χ2n) is 7.02. The van der Waals surface area contributed by atoms with Crippen LogP contribution in [-0.4, -0.2) is 45.2 Å². The van der Waals surface area contributed by atoms with Crippen LogP contribution in [0.4, 0.5) is 5.82 Å². The first-order valence-corrected chi connectivity index (χ1v) is 10.1. The summed E-state index contributed by atoms with van der Waals surface area (Å²) in [5, 5.41) is 4.17. The molecule has 1 aliphatic heterocycles. The van der Waals surface area contributed by atoms with Gasteiger partial charge in [0, 0.05) is 36.8 Å². The number of rotatable bonds is 3. The SMILES string of the molecule is Cc1c[nH]c2ncnc(N3C=C(C(=O)N[C@H]4CCC[C@@H](N)C4)SCC3)c12.Cl. The average molecular weight is 409 g/mol. The molecule has 0 unspecified atom stereocenters. The fourth-order valence-corrected chi connectivity index (χ4v) is 4.62. The maximum Gasteiger partial charge on any atom is 0.259 e. The summed E-state index contributed by atoms with van der Waals surface area (Å²) in [6.45, 7) is 2.85. The first kappa shape index (κ1) is 20.0. The van der Waals surface area contributed by atoms with Crippen molar-refractivity contribution in [3.63, 3.8) is 0 Å². The lowest BCUT2D eigenvalue weighted by Crippen LogP contribution is -2.43. The molecule has 4 N–H and O–H groups in total. The van der Waals surface area contributed by atoms with Crippen molar-refractivity contribution in [3.8, 4) is 0 Å². The summed E-state index contributed by atoms with van der Waals surface area (Å²) in [5.74, 6) is 1.69. The molecule has 2 aromatic heterocycles. The van der Waals surface area contributed by atoms with Gasteiger partial charge in [0.1, 0.15) is 17.8 Å². The Balaban J connectivity index is 0.00000210. The van der Waals surface area contributed by atoms with Crippen molar-refractivity contribution in [1.82, 2.24) is 20.3 Å². The van der Waals surface area contributed by atoms with Crippen LogP contribution < -0.4 is 16.0 Å². The van der Waals surface area contributed by atoms with Crippen molar-refractivity contribution in [1.29, 1.82) is 0 Å². The Morgan fingerprint density at radius 1 is 1.41 bits per heavy atom. The number of hydrogen-bond acceptors (Lipinski definition) is 6. The molecule has 0 bridgehead atoms. The van der Waals surface area contributed by atoms with E-state index in [0.29, 0.717) is 0 Å². The average Bonchev–Trinajstić information content (AvgIpc) is 3.03. The van der Waals surface area contributed by atoms with Crippen LogP contribution >= 0.6 is 24.2 Å². The molecule has 7 nitrogen and oxygen atoms in total. The summed E-state index contributed by atoms with van der Waals surface area (Å²) in [6, 6.07) is 0.380. The Hall–Kier alpha value is -1.77. The third kappa shape index (κ3) is 4.23. The maximum atomic E-state index is 12.7. The third-order valence-corrected chi connectivity index (χ3v) is 6.04. The molecule has 0 radical (unpaired) electrons. The van der Waals surface area contributed by atoms with Crippen molar-refractivity contribution in [2.45, 2.75) is 44.7 Å². The molecule has 4 rings (SSSR count). The summed E-state index contributed by atoms with van der Waals surface area (Å²) in [4.78, 5) is 27.4. The van der Waals surface area contributed by atoms with E-state index in [2.05, 4.69) is 25.2 Å². The number of anilines is 1. The fraction of sp³-hybridized carbons (Fsp3) is 0.500. The van der Waals surface area contributed by atoms with E-state index >= 15 is 0 Å². The first-order valence-electron chi connectivity index (χ1n) is 9.08. The number of carbonyl (C=O) groups excluding carboxylic acids is 1. The van der Waals surface area contributed by atoms with Gasteiger partial charge in [0.15, 0.2) is 0 Å². The van der Waals surface area contributed by atoms with Crippen molar-refractivity contribution in [2.24, 2.45) is 5.73 Å². The molecule has 9 heteroatoms. The van der Waals surface area contributed by atoms with Crippen molar-refractivity contribution >= 4 is 46.9 Å². The van der Waals surface area contributed by atoms with Gasteiger partial charge < -0.3 is 20.9 Å². The molecule has 0 saturated heterocycles. The molecule has 0 spiro atoms. The minimum absolute atomic E-state index is 0. The standard InChI is InChI=1S/C18H24N6OS.ClH/c1-11-8-20-16-15(11)17(22-10-21-16)24-5-6-26-14(9-24)18(25)23-13-4-2-3-12(19)7-13;/h8-10,12-13H,2-7,19H2,1H3,(H,23,25)(H,20,21,22);1H/t12-,13+;/m1./s1. The van der Waals surface area contributed by atoms with Gasteiger partial charge in [-0.3, -0.25) is 4.79 Å². The smallest absolute Gasteiger partial charge is 0.259 e. The highest BCUT2D eigenvalue weighted by atomic mass is 35.5. The number of aromatic nitrogens is 3. The van der Waals surface area contributed by atoms with Crippen LogP contribution in [0.1, 0.15) is 31.2 Å². The molecule has 2 aromatic rings. The molecule has 2 atom stereocenters. The monoisotopic (exact) mass is 408 g/mol. The minimum atomic E-state index is -0.00473. The summed E-state index contributed by atoms with van der Waals surface area (Å²) in [6.07, 6.45) is 9.42. The number of aryl methyl sites for hydroxylation is 1. The highest BCUT2D eigenvalue weighted by Gasteiger charge is 2.25. The van der Waals surface area contributed by atoms with Gasteiger partial charge in [-0.05, 0) is 38.2 Å². The molecule has 27 heavy (non-hydrogen) atoms. The Labute approximate surface area is 169 Å². The van der Waals surface area contributed by atoms with Gasteiger partial charge in [0.2, 0.25) is 0 Å². The van der Waals surface area contributed by atoms with Crippen LogP contribution in [0, 0.1) is 6.92 Å². The molecule has 3 heterocycles. The lowest BCUT2D eigenvalue weighted by Gasteiger charge is -2.29. The van der Waals surface area contributed by atoms with Gasteiger partial charge in [-0.15, -0.1) is 24.2 Å². The van der Waals surface area contributed by atoms with Crippen molar-refractivity contribution in [2.75, 3.05) is 17.2 Å². The number of nitrogens with two attached hydrogens (primary N) is 1. The van der Waals surface area contributed by atoms with Crippen LogP contribution in [0.3, 0.4) is 0 Å². The summed E-state index contributed by atoms with van der Waals surface area (Å²) in [5.41, 5.74) is 7.96. The van der Waals surface area contributed by atoms with E-state index in [4.69, 9.17) is 5.73 Å². The minimum Gasteiger partial charge on any atom is -0.349 e. The topological polar surface area (TPSA) is 99.9 Å². The quantitative estimate of drug-likeness (QED) is 0.721. The molecule has 1 fully saturated rings. The van der Waals surface area contributed by atoms with Crippen LogP contribution in [0.15, 0.2) is 23.6 Å². The predicted molar refractivity (Wildman–Crippen MR) is 112 cm³/mol. The Morgan fingerprint density at radius 2 is 2.26 bits per heavy atom. The number of H-pyrrole nitrogens is 1. The number of hydrogen-bond donors (Lipinski definition) is 3. The molecule has 1 saturated carbocycles. The number of amides is 1. The summed E-state index contributed by atoms with van der Waals surface area (Å²) < 4.78 is 0. The second kappa shape index (κ2) is 8.50. The van der Waals surface area contributed by atoms with E-state index in [1.807, 2.05) is 19.3 Å². The number of carbonyl (C=O) groups is 1. The fourth-order valence-electron chi connectivity index (χ4n) is 3.72. The van der Waals surface area contributed by atoms with Gasteiger partial charge in [-0.25, -0.2) is 9.97 Å². The number of aromatic amines is 1. The number of fused-ring (bicyclic) bond motifs is 1. The number of halogens is 1. The van der Waals surface area contributed by atoms with E-state index in [-0.39, 0.29) is 30.4 Å². The number of nitrogens with one attached hydrogen (secondary N) is 2. The summed E-state index contributed by atoms with van der Waals surface area (Å²) in [7, 11) is 0. The van der Waals surface area contributed by atoms with Crippen LogP contribution in [-0.2, 0) is 4.79 Å². The Kier molecular flexibility index (Phi) is 6.29. The Bertz CT molecular complexity index is 853. The molecule has 1 aliphatic carbocycles. The van der Waals surface area contributed by atoms with Gasteiger partial charge in [0.05, 0.1) is 10.3 Å². The second-order valence-corrected chi connectivity index (χ2v) is 8.16. The summed E-state index contributed by atoms with van der Waals surface area (Å²) >= 11 is 1.60. The van der Waals surface area contributed by atoms with Crippen molar-refractivity contribution < 1.29 is 4.79 Å². The predicted octanol–water partition coefficient (Wildman–Crippen LogP) is 2.47. The molecule has 146 valence electrons. The zero-order chi connectivity index (χ0) is 18.1. The normalized spacial score (nSPS) is 22.9. The highest BCUT2D eigenvalue weighted by Crippen LogP contribution is 2.31. The van der Waals surface area contributed by atoms with Crippen molar-refractivity contribution in [3.05, 3.63) is 29.2 Å². The first-order chi connectivity index (χ1) is 12.6. The van der Waals surface area contributed by atoms with Crippen LogP contribution in [0.5, 0.6) is 0 Å². The molecule has 0 aromatic carbocycles.